The summed E-state index contributed by atoms with van der Waals surface area (Å²) in [5.41, 5.74) is 7.08. The standard InChI is InChI=1S/C11H11N3O3/c12-8-3-1-2-7(4-8)9-5-13-10(17-9)6-14-11(15)16/h1-5,14H,6,12H2,(H,15,16). The number of oxazole rings is 1. The van der Waals surface area contributed by atoms with Crippen LogP contribution in [0.2, 0.25) is 0 Å². The zero-order valence-corrected chi connectivity index (χ0v) is 8.88. The van der Waals surface area contributed by atoms with Crippen molar-refractivity contribution in [2.75, 3.05) is 5.73 Å². The number of hydrogen-bond donors (Lipinski definition) is 3. The van der Waals surface area contributed by atoms with E-state index in [0.717, 1.165) is 5.56 Å². The van der Waals surface area contributed by atoms with Gasteiger partial charge < -0.3 is 20.6 Å². The van der Waals surface area contributed by atoms with Crippen molar-refractivity contribution < 1.29 is 14.3 Å². The van der Waals surface area contributed by atoms with Gasteiger partial charge in [0.15, 0.2) is 5.76 Å². The number of amides is 1. The van der Waals surface area contributed by atoms with Gasteiger partial charge in [0.25, 0.3) is 0 Å². The number of benzene rings is 1. The summed E-state index contributed by atoms with van der Waals surface area (Å²) in [6, 6.07) is 7.18. The highest BCUT2D eigenvalue weighted by Gasteiger charge is 2.07. The highest BCUT2D eigenvalue weighted by Crippen LogP contribution is 2.22. The first-order valence-corrected chi connectivity index (χ1v) is 4.92. The highest BCUT2D eigenvalue weighted by atomic mass is 16.4. The van der Waals surface area contributed by atoms with E-state index >= 15 is 0 Å². The Balaban J connectivity index is 2.15. The van der Waals surface area contributed by atoms with E-state index in [1.165, 1.54) is 6.20 Å². The fourth-order valence-electron chi connectivity index (χ4n) is 1.37. The Bertz CT molecular complexity index is 536. The lowest BCUT2D eigenvalue weighted by atomic mass is 10.2. The van der Waals surface area contributed by atoms with Gasteiger partial charge in [-0.15, -0.1) is 0 Å². The van der Waals surface area contributed by atoms with Gasteiger partial charge >= 0.3 is 6.09 Å². The molecular formula is C11H11N3O3. The van der Waals surface area contributed by atoms with E-state index in [1.807, 2.05) is 12.1 Å². The number of nitrogens with zero attached hydrogens (tertiary/aromatic N) is 1. The van der Waals surface area contributed by atoms with Crippen LogP contribution >= 0.6 is 0 Å². The maximum absolute atomic E-state index is 10.3. The van der Waals surface area contributed by atoms with Crippen LogP contribution in [0.4, 0.5) is 10.5 Å². The van der Waals surface area contributed by atoms with Crippen LogP contribution in [0.1, 0.15) is 5.89 Å². The maximum atomic E-state index is 10.3. The Kier molecular flexibility index (Phi) is 2.95. The average molecular weight is 233 g/mol. The molecule has 0 aliphatic carbocycles. The Morgan fingerprint density at radius 3 is 3.06 bits per heavy atom. The van der Waals surface area contributed by atoms with Gasteiger partial charge in [0, 0.05) is 11.3 Å². The third-order valence-corrected chi connectivity index (χ3v) is 2.12. The summed E-state index contributed by atoms with van der Waals surface area (Å²) in [4.78, 5) is 14.3. The molecule has 0 unspecified atom stereocenters. The van der Waals surface area contributed by atoms with Gasteiger partial charge in [-0.25, -0.2) is 9.78 Å². The minimum atomic E-state index is -1.12. The van der Waals surface area contributed by atoms with Gasteiger partial charge in [0.1, 0.15) is 0 Å². The molecule has 0 bridgehead atoms. The number of rotatable bonds is 3. The largest absolute Gasteiger partial charge is 0.465 e. The van der Waals surface area contributed by atoms with Gasteiger partial charge in [0.05, 0.1) is 12.7 Å². The van der Waals surface area contributed by atoms with Crippen LogP contribution in [0.3, 0.4) is 0 Å². The van der Waals surface area contributed by atoms with Gasteiger partial charge in [-0.2, -0.15) is 0 Å². The van der Waals surface area contributed by atoms with E-state index in [2.05, 4.69) is 10.3 Å². The van der Waals surface area contributed by atoms with E-state index in [4.69, 9.17) is 15.3 Å². The summed E-state index contributed by atoms with van der Waals surface area (Å²) in [7, 11) is 0. The molecule has 0 aliphatic rings. The maximum Gasteiger partial charge on any atom is 0.405 e. The van der Waals surface area contributed by atoms with Gasteiger partial charge in [0.2, 0.25) is 5.89 Å². The lowest BCUT2D eigenvalue weighted by Crippen LogP contribution is -2.19. The first kappa shape index (κ1) is 11.0. The molecule has 6 nitrogen and oxygen atoms in total. The van der Waals surface area contributed by atoms with Crippen LogP contribution in [-0.2, 0) is 6.54 Å². The molecule has 2 aromatic rings. The van der Waals surface area contributed by atoms with Crippen LogP contribution in [0.5, 0.6) is 0 Å². The number of nitrogens with two attached hydrogens (primary N) is 1. The second kappa shape index (κ2) is 4.56. The summed E-state index contributed by atoms with van der Waals surface area (Å²) < 4.78 is 5.38. The fourth-order valence-corrected chi connectivity index (χ4v) is 1.37. The molecule has 0 aliphatic heterocycles. The van der Waals surface area contributed by atoms with Gasteiger partial charge in [-0.1, -0.05) is 12.1 Å². The number of anilines is 1. The van der Waals surface area contributed by atoms with Crippen LogP contribution in [0.25, 0.3) is 11.3 Å². The summed E-state index contributed by atoms with van der Waals surface area (Å²) in [5.74, 6) is 0.865. The summed E-state index contributed by atoms with van der Waals surface area (Å²) in [5, 5.41) is 10.6. The molecule has 0 fully saturated rings. The Morgan fingerprint density at radius 1 is 1.53 bits per heavy atom. The first-order chi connectivity index (χ1) is 8.15. The summed E-state index contributed by atoms with van der Waals surface area (Å²) >= 11 is 0. The smallest absolute Gasteiger partial charge is 0.405 e. The van der Waals surface area contributed by atoms with Crippen molar-refractivity contribution >= 4 is 11.8 Å². The molecule has 2 rings (SSSR count). The molecule has 6 heteroatoms. The first-order valence-electron chi connectivity index (χ1n) is 4.92. The molecule has 0 saturated heterocycles. The van der Waals surface area contributed by atoms with E-state index in [9.17, 15) is 4.79 Å². The lowest BCUT2D eigenvalue weighted by molar-refractivity contribution is 0.192. The number of carbonyl (C=O) groups is 1. The van der Waals surface area contributed by atoms with E-state index in [0.29, 0.717) is 17.3 Å². The van der Waals surface area contributed by atoms with Crippen molar-refractivity contribution in [1.82, 2.24) is 10.3 Å². The Morgan fingerprint density at radius 2 is 2.35 bits per heavy atom. The van der Waals surface area contributed by atoms with E-state index in [1.54, 1.807) is 12.1 Å². The van der Waals surface area contributed by atoms with Crippen molar-refractivity contribution in [1.29, 1.82) is 0 Å². The average Bonchev–Trinajstić information content (AvgIpc) is 2.75. The third-order valence-electron chi connectivity index (χ3n) is 2.12. The zero-order valence-electron chi connectivity index (χ0n) is 8.88. The molecule has 4 N–H and O–H groups in total. The SMILES string of the molecule is Nc1cccc(-c2cnc(CNC(=O)O)o2)c1. The molecule has 0 spiro atoms. The summed E-state index contributed by atoms with van der Waals surface area (Å²) in [6.45, 7) is 0.0393. The Labute approximate surface area is 97.1 Å². The number of aromatic nitrogens is 1. The van der Waals surface area contributed by atoms with Gasteiger partial charge in [-0.3, -0.25) is 0 Å². The minimum absolute atomic E-state index is 0.0393. The molecule has 0 radical (unpaired) electrons. The normalized spacial score (nSPS) is 10.1. The lowest BCUT2D eigenvalue weighted by Gasteiger charge is -1.98. The molecule has 1 aromatic carbocycles. The molecule has 1 heterocycles. The van der Waals surface area contributed by atoms with Crippen molar-refractivity contribution in [3.8, 4) is 11.3 Å². The molecule has 0 saturated carbocycles. The number of carboxylic acid groups (broad SMARTS) is 1. The van der Waals surface area contributed by atoms with Crippen LogP contribution < -0.4 is 11.1 Å². The second-order valence-corrected chi connectivity index (χ2v) is 3.40. The number of hydrogen-bond acceptors (Lipinski definition) is 4. The number of nitrogen functional groups attached to an aromatic ring is 1. The summed E-state index contributed by atoms with van der Waals surface area (Å²) in [6.07, 6.45) is 0.418. The monoisotopic (exact) mass is 233 g/mol. The third kappa shape index (κ3) is 2.75. The van der Waals surface area contributed by atoms with E-state index < -0.39 is 6.09 Å². The predicted octanol–water partition coefficient (Wildman–Crippen LogP) is 1.69. The highest BCUT2D eigenvalue weighted by molar-refractivity contribution is 5.64. The van der Waals surface area contributed by atoms with E-state index in [-0.39, 0.29) is 6.54 Å². The second-order valence-electron chi connectivity index (χ2n) is 3.40. The molecule has 88 valence electrons. The van der Waals surface area contributed by atoms with Crippen molar-refractivity contribution in [3.63, 3.8) is 0 Å². The Hall–Kier alpha value is -2.50. The molecule has 1 amide bonds. The molecular weight excluding hydrogens is 222 g/mol. The topological polar surface area (TPSA) is 101 Å². The minimum Gasteiger partial charge on any atom is -0.465 e. The van der Waals surface area contributed by atoms with Crippen molar-refractivity contribution in [3.05, 3.63) is 36.4 Å². The predicted molar refractivity (Wildman–Crippen MR) is 61.2 cm³/mol. The quantitative estimate of drug-likeness (QED) is 0.700. The van der Waals surface area contributed by atoms with Crippen molar-refractivity contribution in [2.24, 2.45) is 0 Å². The fraction of sp³-hybridized carbons (Fsp3) is 0.0909. The number of nitrogens with one attached hydrogen (secondary N) is 1. The zero-order chi connectivity index (χ0) is 12.3. The molecule has 0 atom stereocenters. The van der Waals surface area contributed by atoms with Crippen LogP contribution in [0, 0.1) is 0 Å². The van der Waals surface area contributed by atoms with Crippen molar-refractivity contribution in [2.45, 2.75) is 6.54 Å². The van der Waals surface area contributed by atoms with Crippen LogP contribution in [-0.4, -0.2) is 16.2 Å². The molecule has 17 heavy (non-hydrogen) atoms. The van der Waals surface area contributed by atoms with Gasteiger partial charge in [-0.05, 0) is 12.1 Å². The molecule has 1 aromatic heterocycles. The van der Waals surface area contributed by atoms with Crippen LogP contribution in [0.15, 0.2) is 34.9 Å².